The van der Waals surface area contributed by atoms with Gasteiger partial charge in [0.05, 0.1) is 6.61 Å². The smallest absolute Gasteiger partial charge is 0.325 e. The largest absolute Gasteiger partial charge is 0.465 e. The van der Waals surface area contributed by atoms with Crippen molar-refractivity contribution in [2.45, 2.75) is 19.8 Å². The Balaban J connectivity index is 3.76. The maximum absolute atomic E-state index is 11.2. The van der Waals surface area contributed by atoms with Gasteiger partial charge in [0, 0.05) is 20.1 Å². The highest BCUT2D eigenvalue weighted by Gasteiger charge is 2.12. The molecule has 0 aromatic carbocycles. The maximum atomic E-state index is 11.2. The van der Waals surface area contributed by atoms with Crippen LogP contribution in [0.25, 0.3) is 0 Å². The predicted octanol–water partition coefficient (Wildman–Crippen LogP) is -0.220. The minimum atomic E-state index is -0.410. The van der Waals surface area contributed by atoms with Crippen LogP contribution in [0.4, 0.5) is 0 Å². The Morgan fingerprint density at radius 3 is 2.57 bits per heavy atom. The Labute approximate surface area is 83.6 Å². The van der Waals surface area contributed by atoms with Crippen molar-refractivity contribution < 1.29 is 19.4 Å². The Morgan fingerprint density at radius 2 is 2.07 bits per heavy atom. The maximum Gasteiger partial charge on any atom is 0.325 e. The molecule has 0 aromatic heterocycles. The van der Waals surface area contributed by atoms with E-state index in [1.807, 2.05) is 0 Å². The summed E-state index contributed by atoms with van der Waals surface area (Å²) in [7, 11) is 1.54. The summed E-state index contributed by atoms with van der Waals surface area (Å²) in [5.74, 6) is -0.570. The first-order valence-electron chi connectivity index (χ1n) is 4.62. The fourth-order valence-corrected chi connectivity index (χ4v) is 0.910. The van der Waals surface area contributed by atoms with Gasteiger partial charge in [-0.25, -0.2) is 0 Å². The lowest BCUT2D eigenvalue weighted by atomic mass is 10.3. The van der Waals surface area contributed by atoms with E-state index in [1.54, 1.807) is 6.92 Å². The van der Waals surface area contributed by atoms with Crippen LogP contribution in [0.1, 0.15) is 19.8 Å². The Bertz CT molecular complexity index is 193. The Hall–Kier alpha value is -1.10. The number of amides is 1. The molecule has 1 N–H and O–H groups in total. The van der Waals surface area contributed by atoms with Gasteiger partial charge < -0.3 is 14.7 Å². The highest BCUT2D eigenvalue weighted by Crippen LogP contribution is 1.95. The summed E-state index contributed by atoms with van der Waals surface area (Å²) in [4.78, 5) is 23.5. The molecule has 0 radical (unpaired) electrons. The summed E-state index contributed by atoms with van der Waals surface area (Å²) in [6.45, 7) is 1.99. The van der Waals surface area contributed by atoms with Crippen molar-refractivity contribution in [1.82, 2.24) is 4.90 Å². The number of hydrogen-bond acceptors (Lipinski definition) is 4. The van der Waals surface area contributed by atoms with E-state index in [2.05, 4.69) is 4.74 Å². The van der Waals surface area contributed by atoms with Crippen LogP contribution in [-0.4, -0.2) is 48.7 Å². The fourth-order valence-electron chi connectivity index (χ4n) is 0.910. The van der Waals surface area contributed by atoms with Crippen molar-refractivity contribution in [3.8, 4) is 0 Å². The molecule has 0 saturated heterocycles. The average Bonchev–Trinajstić information content (AvgIpc) is 2.14. The Morgan fingerprint density at radius 1 is 1.43 bits per heavy atom. The number of carbonyl (C=O) groups is 2. The van der Waals surface area contributed by atoms with Gasteiger partial charge in [0.2, 0.25) is 5.91 Å². The molecule has 0 bridgehead atoms. The van der Waals surface area contributed by atoms with Crippen LogP contribution in [0, 0.1) is 0 Å². The molecule has 0 atom stereocenters. The zero-order valence-electron chi connectivity index (χ0n) is 8.65. The van der Waals surface area contributed by atoms with Crippen LogP contribution in [0.3, 0.4) is 0 Å². The molecular formula is C9H17NO4. The van der Waals surface area contributed by atoms with Crippen molar-refractivity contribution in [1.29, 1.82) is 0 Å². The molecule has 0 aliphatic heterocycles. The normalized spacial score (nSPS) is 9.64. The lowest BCUT2D eigenvalue weighted by Crippen LogP contribution is -2.32. The van der Waals surface area contributed by atoms with Gasteiger partial charge in [0.1, 0.15) is 6.54 Å². The molecule has 14 heavy (non-hydrogen) atoms. The van der Waals surface area contributed by atoms with E-state index >= 15 is 0 Å². The standard InChI is InChI=1S/C9H17NO4/c1-3-14-9(13)7-10(2)8(12)5-4-6-11/h11H,3-7H2,1-2H3. The summed E-state index contributed by atoms with van der Waals surface area (Å²) in [5, 5.41) is 8.50. The van der Waals surface area contributed by atoms with Gasteiger partial charge in [-0.2, -0.15) is 0 Å². The molecular weight excluding hydrogens is 186 g/mol. The zero-order chi connectivity index (χ0) is 11.0. The summed E-state index contributed by atoms with van der Waals surface area (Å²) in [6, 6.07) is 0. The van der Waals surface area contributed by atoms with Crippen LogP contribution < -0.4 is 0 Å². The molecule has 0 rings (SSSR count). The van der Waals surface area contributed by atoms with Crippen molar-refractivity contribution in [2.24, 2.45) is 0 Å². The van der Waals surface area contributed by atoms with E-state index in [1.165, 1.54) is 11.9 Å². The van der Waals surface area contributed by atoms with Crippen LogP contribution in [0.15, 0.2) is 0 Å². The quantitative estimate of drug-likeness (QED) is 0.606. The van der Waals surface area contributed by atoms with Crippen molar-refractivity contribution >= 4 is 11.9 Å². The summed E-state index contributed by atoms with van der Waals surface area (Å²) in [5.41, 5.74) is 0. The van der Waals surface area contributed by atoms with Gasteiger partial charge in [0.15, 0.2) is 0 Å². The highest BCUT2D eigenvalue weighted by atomic mass is 16.5. The first kappa shape index (κ1) is 12.9. The second-order valence-corrected chi connectivity index (χ2v) is 2.88. The number of hydrogen-bond donors (Lipinski definition) is 1. The molecule has 0 saturated carbocycles. The number of esters is 1. The van der Waals surface area contributed by atoms with Crippen molar-refractivity contribution in [3.63, 3.8) is 0 Å². The molecule has 1 amide bonds. The van der Waals surface area contributed by atoms with E-state index < -0.39 is 5.97 Å². The molecule has 82 valence electrons. The van der Waals surface area contributed by atoms with Crippen LogP contribution >= 0.6 is 0 Å². The molecule has 5 heteroatoms. The summed E-state index contributed by atoms with van der Waals surface area (Å²) in [6.07, 6.45) is 0.679. The molecule has 0 aromatic rings. The van der Waals surface area contributed by atoms with Gasteiger partial charge in [0.25, 0.3) is 0 Å². The molecule has 5 nitrogen and oxygen atoms in total. The third kappa shape index (κ3) is 5.53. The van der Waals surface area contributed by atoms with E-state index in [4.69, 9.17) is 5.11 Å². The van der Waals surface area contributed by atoms with Gasteiger partial charge in [-0.15, -0.1) is 0 Å². The first-order valence-corrected chi connectivity index (χ1v) is 4.62. The van der Waals surface area contributed by atoms with E-state index in [0.29, 0.717) is 13.0 Å². The van der Waals surface area contributed by atoms with Crippen LogP contribution in [0.5, 0.6) is 0 Å². The third-order valence-electron chi connectivity index (χ3n) is 1.65. The fraction of sp³-hybridized carbons (Fsp3) is 0.778. The number of aliphatic hydroxyl groups is 1. The number of rotatable bonds is 6. The molecule has 0 aliphatic rings. The summed E-state index contributed by atoms with van der Waals surface area (Å²) >= 11 is 0. The summed E-state index contributed by atoms with van der Waals surface area (Å²) < 4.78 is 4.68. The van der Waals surface area contributed by atoms with E-state index in [0.717, 1.165) is 0 Å². The van der Waals surface area contributed by atoms with Crippen LogP contribution in [0.2, 0.25) is 0 Å². The monoisotopic (exact) mass is 203 g/mol. The number of likely N-dealkylation sites (N-methyl/N-ethyl adjacent to an activating group) is 1. The van der Waals surface area contributed by atoms with Gasteiger partial charge in [-0.1, -0.05) is 0 Å². The highest BCUT2D eigenvalue weighted by molar-refractivity contribution is 5.81. The lowest BCUT2D eigenvalue weighted by molar-refractivity contribution is -0.148. The van der Waals surface area contributed by atoms with E-state index in [-0.39, 0.29) is 25.5 Å². The van der Waals surface area contributed by atoms with Gasteiger partial charge >= 0.3 is 5.97 Å². The molecule has 0 heterocycles. The zero-order valence-corrected chi connectivity index (χ0v) is 8.65. The number of ether oxygens (including phenoxy) is 1. The second-order valence-electron chi connectivity index (χ2n) is 2.88. The lowest BCUT2D eigenvalue weighted by Gasteiger charge is -2.15. The SMILES string of the molecule is CCOC(=O)CN(C)C(=O)CCCO. The number of nitrogens with zero attached hydrogens (tertiary/aromatic N) is 1. The second kappa shape index (κ2) is 7.32. The Kier molecular flexibility index (Phi) is 6.74. The topological polar surface area (TPSA) is 66.8 Å². The van der Waals surface area contributed by atoms with E-state index in [9.17, 15) is 9.59 Å². The minimum Gasteiger partial charge on any atom is -0.465 e. The predicted molar refractivity (Wildman–Crippen MR) is 50.6 cm³/mol. The van der Waals surface area contributed by atoms with Crippen LogP contribution in [-0.2, 0) is 14.3 Å². The number of carbonyl (C=O) groups excluding carboxylic acids is 2. The van der Waals surface area contributed by atoms with Crippen molar-refractivity contribution in [2.75, 3.05) is 26.8 Å². The molecule has 0 unspecified atom stereocenters. The van der Waals surface area contributed by atoms with Gasteiger partial charge in [-0.05, 0) is 13.3 Å². The first-order chi connectivity index (χ1) is 6.61. The molecule has 0 aliphatic carbocycles. The third-order valence-corrected chi connectivity index (χ3v) is 1.65. The van der Waals surface area contributed by atoms with Crippen molar-refractivity contribution in [3.05, 3.63) is 0 Å². The average molecular weight is 203 g/mol. The minimum absolute atomic E-state index is 0.0149. The molecule has 0 spiro atoms. The van der Waals surface area contributed by atoms with Gasteiger partial charge in [-0.3, -0.25) is 9.59 Å². The molecule has 0 fully saturated rings. The number of aliphatic hydroxyl groups excluding tert-OH is 1.